The van der Waals surface area contributed by atoms with Crippen molar-refractivity contribution in [2.45, 2.75) is 26.2 Å². The van der Waals surface area contributed by atoms with E-state index in [2.05, 4.69) is 6.92 Å². The molecule has 1 saturated carbocycles. The zero-order valence-electron chi connectivity index (χ0n) is 9.11. The van der Waals surface area contributed by atoms with Crippen molar-refractivity contribution >= 4 is 11.8 Å². The molecule has 15 heavy (non-hydrogen) atoms. The molecule has 4 nitrogen and oxygen atoms in total. The third-order valence-electron chi connectivity index (χ3n) is 3.76. The van der Waals surface area contributed by atoms with Crippen LogP contribution in [-0.4, -0.2) is 29.8 Å². The number of nitrogens with zero attached hydrogens (tertiary/aromatic N) is 1. The van der Waals surface area contributed by atoms with Gasteiger partial charge in [0.1, 0.15) is 0 Å². The van der Waals surface area contributed by atoms with Crippen LogP contribution in [0.2, 0.25) is 0 Å². The topological polar surface area (TPSA) is 63.4 Å². The molecule has 84 valence electrons. The molecule has 1 aliphatic carbocycles. The highest BCUT2D eigenvalue weighted by Gasteiger charge is 2.51. The first-order valence-electron chi connectivity index (χ1n) is 5.74. The number of carbonyl (C=O) groups is 2. The maximum Gasteiger partial charge on any atom is 0.233 e. The Morgan fingerprint density at radius 2 is 1.80 bits per heavy atom. The standard InChI is InChI=1S/C11H18N2O2/c1-2-7-5-8-9(6-7)11(15)13(4-3-12)10(8)14/h7-9H,2-6,12H2,1H3. The van der Waals surface area contributed by atoms with Crippen LogP contribution in [0.3, 0.4) is 0 Å². The largest absolute Gasteiger partial charge is 0.329 e. The lowest BCUT2D eigenvalue weighted by molar-refractivity contribution is -0.140. The van der Waals surface area contributed by atoms with Crippen molar-refractivity contribution in [1.29, 1.82) is 0 Å². The molecule has 2 unspecified atom stereocenters. The van der Waals surface area contributed by atoms with Gasteiger partial charge in [-0.1, -0.05) is 13.3 Å². The van der Waals surface area contributed by atoms with Crippen molar-refractivity contribution in [2.24, 2.45) is 23.5 Å². The Morgan fingerprint density at radius 1 is 1.27 bits per heavy atom. The number of carbonyl (C=O) groups excluding carboxylic acids is 2. The summed E-state index contributed by atoms with van der Waals surface area (Å²) < 4.78 is 0. The van der Waals surface area contributed by atoms with Crippen LogP contribution in [0.25, 0.3) is 0 Å². The van der Waals surface area contributed by atoms with Gasteiger partial charge in [0.15, 0.2) is 0 Å². The molecular weight excluding hydrogens is 192 g/mol. The molecule has 1 aliphatic heterocycles. The molecule has 2 fully saturated rings. The fourth-order valence-corrected chi connectivity index (χ4v) is 2.88. The van der Waals surface area contributed by atoms with E-state index >= 15 is 0 Å². The number of likely N-dealkylation sites (tertiary alicyclic amines) is 1. The average Bonchev–Trinajstić information content (AvgIpc) is 2.75. The van der Waals surface area contributed by atoms with Gasteiger partial charge in [0.2, 0.25) is 11.8 Å². The van der Waals surface area contributed by atoms with E-state index < -0.39 is 0 Å². The molecule has 2 N–H and O–H groups in total. The smallest absolute Gasteiger partial charge is 0.233 e. The van der Waals surface area contributed by atoms with Gasteiger partial charge in [0, 0.05) is 13.1 Å². The van der Waals surface area contributed by atoms with E-state index in [1.165, 1.54) is 4.90 Å². The lowest BCUT2D eigenvalue weighted by atomic mass is 10.00. The fraction of sp³-hybridized carbons (Fsp3) is 0.818. The molecule has 0 spiro atoms. The molecule has 2 rings (SSSR count). The van der Waals surface area contributed by atoms with Crippen molar-refractivity contribution in [3.63, 3.8) is 0 Å². The molecule has 0 aromatic carbocycles. The van der Waals surface area contributed by atoms with Gasteiger partial charge in [0.05, 0.1) is 11.8 Å². The lowest BCUT2D eigenvalue weighted by Crippen LogP contribution is -2.36. The molecule has 2 amide bonds. The van der Waals surface area contributed by atoms with Crippen LogP contribution >= 0.6 is 0 Å². The average molecular weight is 210 g/mol. The van der Waals surface area contributed by atoms with Gasteiger partial charge >= 0.3 is 0 Å². The monoisotopic (exact) mass is 210 g/mol. The van der Waals surface area contributed by atoms with E-state index in [0.717, 1.165) is 19.3 Å². The molecule has 1 saturated heterocycles. The van der Waals surface area contributed by atoms with Gasteiger partial charge in [-0.15, -0.1) is 0 Å². The van der Waals surface area contributed by atoms with E-state index in [4.69, 9.17) is 5.73 Å². The fourth-order valence-electron chi connectivity index (χ4n) is 2.88. The van der Waals surface area contributed by atoms with Gasteiger partial charge in [-0.25, -0.2) is 0 Å². The lowest BCUT2D eigenvalue weighted by Gasteiger charge is -2.16. The Bertz CT molecular complexity index is 266. The van der Waals surface area contributed by atoms with Gasteiger partial charge in [-0.05, 0) is 18.8 Å². The minimum Gasteiger partial charge on any atom is -0.329 e. The Kier molecular flexibility index (Phi) is 2.78. The summed E-state index contributed by atoms with van der Waals surface area (Å²) in [6, 6.07) is 0. The molecular formula is C11H18N2O2. The summed E-state index contributed by atoms with van der Waals surface area (Å²) in [6.45, 7) is 2.88. The number of fused-ring (bicyclic) bond motifs is 1. The number of imide groups is 1. The quantitative estimate of drug-likeness (QED) is 0.684. The predicted molar refractivity (Wildman–Crippen MR) is 55.8 cm³/mol. The number of amides is 2. The zero-order chi connectivity index (χ0) is 11.0. The first-order chi connectivity index (χ1) is 7.19. The van der Waals surface area contributed by atoms with Gasteiger partial charge in [0.25, 0.3) is 0 Å². The summed E-state index contributed by atoms with van der Waals surface area (Å²) in [7, 11) is 0. The van der Waals surface area contributed by atoms with Crippen LogP contribution in [0.15, 0.2) is 0 Å². The Balaban J connectivity index is 2.11. The highest BCUT2D eigenvalue weighted by atomic mass is 16.2. The van der Waals surface area contributed by atoms with Crippen molar-refractivity contribution in [2.75, 3.05) is 13.1 Å². The minimum absolute atomic E-state index is 0.0198. The summed E-state index contributed by atoms with van der Waals surface area (Å²) in [5, 5.41) is 0. The van der Waals surface area contributed by atoms with Crippen molar-refractivity contribution in [1.82, 2.24) is 4.90 Å². The second-order valence-corrected chi connectivity index (χ2v) is 4.58. The Hall–Kier alpha value is -0.900. The maximum atomic E-state index is 11.9. The first-order valence-corrected chi connectivity index (χ1v) is 5.74. The zero-order valence-corrected chi connectivity index (χ0v) is 9.11. The van der Waals surface area contributed by atoms with E-state index in [1.807, 2.05) is 0 Å². The van der Waals surface area contributed by atoms with Crippen molar-refractivity contribution in [3.8, 4) is 0 Å². The van der Waals surface area contributed by atoms with Crippen LogP contribution < -0.4 is 5.73 Å². The number of nitrogens with two attached hydrogens (primary N) is 1. The molecule has 0 aromatic heterocycles. The predicted octanol–water partition coefficient (Wildman–Crippen LogP) is 0.366. The van der Waals surface area contributed by atoms with Crippen LogP contribution in [0, 0.1) is 17.8 Å². The van der Waals surface area contributed by atoms with Gasteiger partial charge < -0.3 is 5.73 Å². The summed E-state index contributed by atoms with van der Waals surface area (Å²) in [4.78, 5) is 25.2. The third kappa shape index (κ3) is 1.57. The van der Waals surface area contributed by atoms with Crippen molar-refractivity contribution in [3.05, 3.63) is 0 Å². The molecule has 2 aliphatic rings. The first kappa shape index (κ1) is 10.6. The van der Waals surface area contributed by atoms with Crippen molar-refractivity contribution < 1.29 is 9.59 Å². The Morgan fingerprint density at radius 3 is 2.20 bits per heavy atom. The summed E-state index contributed by atoms with van der Waals surface area (Å²) >= 11 is 0. The Labute approximate surface area is 89.8 Å². The van der Waals surface area contributed by atoms with E-state index in [1.54, 1.807) is 0 Å². The van der Waals surface area contributed by atoms with Crippen LogP contribution in [0.1, 0.15) is 26.2 Å². The SMILES string of the molecule is CCC1CC2C(=O)N(CCN)C(=O)C2C1. The summed E-state index contributed by atoms with van der Waals surface area (Å²) in [5.41, 5.74) is 5.39. The van der Waals surface area contributed by atoms with E-state index in [9.17, 15) is 9.59 Å². The minimum atomic E-state index is -0.0333. The normalized spacial score (nSPS) is 35.1. The molecule has 0 radical (unpaired) electrons. The van der Waals surface area contributed by atoms with Crippen LogP contribution in [-0.2, 0) is 9.59 Å². The van der Waals surface area contributed by atoms with E-state index in [0.29, 0.717) is 19.0 Å². The van der Waals surface area contributed by atoms with Gasteiger partial charge in [-0.2, -0.15) is 0 Å². The number of hydrogen-bond donors (Lipinski definition) is 1. The maximum absolute atomic E-state index is 11.9. The third-order valence-corrected chi connectivity index (χ3v) is 3.76. The molecule has 0 bridgehead atoms. The summed E-state index contributed by atoms with van der Waals surface area (Å²) in [6.07, 6.45) is 2.87. The number of rotatable bonds is 3. The van der Waals surface area contributed by atoms with Crippen LogP contribution in [0.4, 0.5) is 0 Å². The second-order valence-electron chi connectivity index (χ2n) is 4.58. The number of hydrogen-bond acceptors (Lipinski definition) is 3. The van der Waals surface area contributed by atoms with Gasteiger partial charge in [-0.3, -0.25) is 14.5 Å². The summed E-state index contributed by atoms with van der Waals surface area (Å²) in [5.74, 6) is 0.536. The van der Waals surface area contributed by atoms with E-state index in [-0.39, 0.29) is 23.7 Å². The molecule has 0 aromatic rings. The second kappa shape index (κ2) is 3.93. The molecule has 1 heterocycles. The highest BCUT2D eigenvalue weighted by molar-refractivity contribution is 6.05. The molecule has 2 atom stereocenters. The highest BCUT2D eigenvalue weighted by Crippen LogP contribution is 2.43. The van der Waals surface area contributed by atoms with Crippen LogP contribution in [0.5, 0.6) is 0 Å². The molecule has 4 heteroatoms.